The van der Waals surface area contributed by atoms with E-state index in [1.807, 2.05) is 6.07 Å². The van der Waals surface area contributed by atoms with Gasteiger partial charge in [-0.25, -0.2) is 0 Å². The standard InChI is InChI=1S/C23H25NO3/c1-15(25)24-13-5-11-23-12-10-18(19-6-3-4-7-21(19)23)20-9-8-17(14-22(20)23)27-16(2)26/h3-4,6-9,14,18H,5,10-13H2,1-2H3,(H,24,25). The Hall–Kier alpha value is -2.62. The number of carbonyl (C=O) groups is 2. The fourth-order valence-electron chi connectivity index (χ4n) is 5.05. The van der Waals surface area contributed by atoms with E-state index in [1.54, 1.807) is 6.92 Å². The van der Waals surface area contributed by atoms with Crippen LogP contribution in [0.15, 0.2) is 42.5 Å². The molecule has 2 bridgehead atoms. The van der Waals surface area contributed by atoms with Crippen molar-refractivity contribution in [2.24, 2.45) is 0 Å². The third kappa shape index (κ3) is 3.03. The first-order chi connectivity index (χ1) is 13.0. The van der Waals surface area contributed by atoms with Gasteiger partial charge in [0.15, 0.2) is 0 Å². The summed E-state index contributed by atoms with van der Waals surface area (Å²) in [5.74, 6) is 0.751. The Morgan fingerprint density at radius 1 is 1.11 bits per heavy atom. The van der Waals surface area contributed by atoms with Gasteiger partial charge in [0, 0.05) is 31.7 Å². The van der Waals surface area contributed by atoms with Crippen LogP contribution >= 0.6 is 0 Å². The van der Waals surface area contributed by atoms with Gasteiger partial charge < -0.3 is 10.1 Å². The van der Waals surface area contributed by atoms with E-state index in [4.69, 9.17) is 4.74 Å². The number of ether oxygens (including phenoxy) is 1. The largest absolute Gasteiger partial charge is 0.427 e. The summed E-state index contributed by atoms with van der Waals surface area (Å²) in [5, 5.41) is 2.92. The van der Waals surface area contributed by atoms with Crippen LogP contribution < -0.4 is 10.1 Å². The minimum atomic E-state index is -0.295. The third-order valence-electron chi connectivity index (χ3n) is 6.04. The molecular formula is C23H25NO3. The molecule has 0 aliphatic heterocycles. The Labute approximate surface area is 159 Å². The maximum Gasteiger partial charge on any atom is 0.308 e. The molecule has 1 N–H and O–H groups in total. The molecule has 2 atom stereocenters. The maximum atomic E-state index is 11.4. The predicted octanol–water partition coefficient (Wildman–Crippen LogP) is 4.05. The van der Waals surface area contributed by atoms with Crippen molar-refractivity contribution in [3.05, 3.63) is 64.7 Å². The molecule has 0 radical (unpaired) electrons. The molecule has 3 aliphatic carbocycles. The zero-order valence-corrected chi connectivity index (χ0v) is 15.9. The fraction of sp³-hybridized carbons (Fsp3) is 0.391. The second kappa shape index (κ2) is 6.84. The van der Waals surface area contributed by atoms with Crippen molar-refractivity contribution < 1.29 is 14.3 Å². The highest BCUT2D eigenvalue weighted by Crippen LogP contribution is 2.58. The Morgan fingerprint density at radius 3 is 2.67 bits per heavy atom. The van der Waals surface area contributed by atoms with Gasteiger partial charge in [0.05, 0.1) is 0 Å². The number of nitrogens with one attached hydrogen (secondary N) is 1. The monoisotopic (exact) mass is 363 g/mol. The lowest BCUT2D eigenvalue weighted by molar-refractivity contribution is -0.131. The van der Waals surface area contributed by atoms with Crippen LogP contribution in [0, 0.1) is 0 Å². The topological polar surface area (TPSA) is 55.4 Å². The van der Waals surface area contributed by atoms with Gasteiger partial charge in [-0.05, 0) is 60.1 Å². The molecule has 2 unspecified atom stereocenters. The van der Waals surface area contributed by atoms with E-state index < -0.39 is 0 Å². The highest BCUT2D eigenvalue weighted by molar-refractivity contribution is 5.72. The molecule has 0 spiro atoms. The molecule has 0 saturated heterocycles. The molecule has 27 heavy (non-hydrogen) atoms. The molecule has 5 rings (SSSR count). The predicted molar refractivity (Wildman–Crippen MR) is 104 cm³/mol. The SMILES string of the molecule is CC(=O)NCCCC12CCC(c3ccccc31)c1ccc(OC(C)=O)cc12. The van der Waals surface area contributed by atoms with Crippen LogP contribution in [-0.4, -0.2) is 18.4 Å². The van der Waals surface area contributed by atoms with Crippen LogP contribution in [0.5, 0.6) is 5.75 Å². The van der Waals surface area contributed by atoms with Gasteiger partial charge in [0.25, 0.3) is 0 Å². The van der Waals surface area contributed by atoms with Crippen molar-refractivity contribution in [1.29, 1.82) is 0 Å². The van der Waals surface area contributed by atoms with Gasteiger partial charge in [-0.2, -0.15) is 0 Å². The van der Waals surface area contributed by atoms with Crippen LogP contribution in [0.4, 0.5) is 0 Å². The summed E-state index contributed by atoms with van der Waals surface area (Å²) in [4.78, 5) is 22.7. The summed E-state index contributed by atoms with van der Waals surface area (Å²) in [6, 6.07) is 14.9. The number of fused-ring (bicyclic) bond motifs is 1. The summed E-state index contributed by atoms with van der Waals surface area (Å²) >= 11 is 0. The molecule has 2 aromatic rings. The number of rotatable bonds is 5. The minimum Gasteiger partial charge on any atom is -0.427 e. The van der Waals surface area contributed by atoms with Crippen LogP contribution in [0.2, 0.25) is 0 Å². The van der Waals surface area contributed by atoms with Crippen molar-refractivity contribution in [2.45, 2.75) is 50.9 Å². The summed E-state index contributed by atoms with van der Waals surface area (Å²) < 4.78 is 5.38. The van der Waals surface area contributed by atoms with Crippen molar-refractivity contribution in [3.63, 3.8) is 0 Å². The van der Waals surface area contributed by atoms with Gasteiger partial charge in [-0.1, -0.05) is 30.3 Å². The van der Waals surface area contributed by atoms with Gasteiger partial charge in [0.1, 0.15) is 5.75 Å². The van der Waals surface area contributed by atoms with Gasteiger partial charge >= 0.3 is 5.97 Å². The summed E-state index contributed by atoms with van der Waals surface area (Å²) in [6.07, 6.45) is 4.10. The van der Waals surface area contributed by atoms with Gasteiger partial charge in [0.2, 0.25) is 5.91 Å². The zero-order chi connectivity index (χ0) is 19.0. The second-order valence-corrected chi connectivity index (χ2v) is 7.69. The molecule has 0 saturated carbocycles. The molecule has 2 aromatic carbocycles. The van der Waals surface area contributed by atoms with Crippen LogP contribution in [0.25, 0.3) is 0 Å². The Bertz CT molecular complexity index is 904. The third-order valence-corrected chi connectivity index (χ3v) is 6.04. The molecular weight excluding hydrogens is 338 g/mol. The van der Waals surface area contributed by atoms with Crippen molar-refractivity contribution in [2.75, 3.05) is 6.54 Å². The van der Waals surface area contributed by atoms with Crippen molar-refractivity contribution in [1.82, 2.24) is 5.32 Å². The first-order valence-corrected chi connectivity index (χ1v) is 9.68. The number of hydrogen-bond donors (Lipinski definition) is 1. The van der Waals surface area contributed by atoms with Crippen LogP contribution in [0.1, 0.15) is 67.7 Å². The van der Waals surface area contributed by atoms with E-state index in [2.05, 4.69) is 41.7 Å². The smallest absolute Gasteiger partial charge is 0.308 e. The van der Waals surface area contributed by atoms with E-state index in [0.717, 1.165) is 25.7 Å². The van der Waals surface area contributed by atoms with Gasteiger partial charge in [-0.3, -0.25) is 9.59 Å². The second-order valence-electron chi connectivity index (χ2n) is 7.69. The highest BCUT2D eigenvalue weighted by atomic mass is 16.5. The average Bonchev–Trinajstić information content (AvgIpc) is 2.65. The van der Waals surface area contributed by atoms with Gasteiger partial charge in [-0.15, -0.1) is 0 Å². The molecule has 4 heteroatoms. The first kappa shape index (κ1) is 17.8. The van der Waals surface area contributed by atoms with Crippen molar-refractivity contribution >= 4 is 11.9 Å². The number of carbonyl (C=O) groups excluding carboxylic acids is 2. The molecule has 140 valence electrons. The molecule has 0 aromatic heterocycles. The van der Waals surface area contributed by atoms with E-state index in [1.165, 1.54) is 29.2 Å². The molecule has 0 heterocycles. The average molecular weight is 363 g/mol. The summed E-state index contributed by atoms with van der Waals surface area (Å²) in [6.45, 7) is 3.67. The zero-order valence-electron chi connectivity index (χ0n) is 15.9. The maximum absolute atomic E-state index is 11.4. The first-order valence-electron chi connectivity index (χ1n) is 9.68. The van der Waals surface area contributed by atoms with E-state index in [9.17, 15) is 9.59 Å². The number of amides is 1. The Balaban J connectivity index is 1.76. The van der Waals surface area contributed by atoms with E-state index >= 15 is 0 Å². The lowest BCUT2D eigenvalue weighted by atomic mass is 9.54. The number of hydrogen-bond acceptors (Lipinski definition) is 3. The Morgan fingerprint density at radius 2 is 1.89 bits per heavy atom. The normalized spacial score (nSPS) is 21.9. The summed E-state index contributed by atoms with van der Waals surface area (Å²) in [5.41, 5.74) is 5.40. The Kier molecular flexibility index (Phi) is 4.50. The van der Waals surface area contributed by atoms with Crippen LogP contribution in [0.3, 0.4) is 0 Å². The molecule has 3 aliphatic rings. The minimum absolute atomic E-state index is 0.0118. The summed E-state index contributed by atoms with van der Waals surface area (Å²) in [7, 11) is 0. The van der Waals surface area contributed by atoms with E-state index in [0.29, 0.717) is 18.2 Å². The quantitative estimate of drug-likeness (QED) is 0.495. The number of benzene rings is 2. The molecule has 0 fully saturated rings. The van der Waals surface area contributed by atoms with E-state index in [-0.39, 0.29) is 17.3 Å². The van der Waals surface area contributed by atoms with Crippen molar-refractivity contribution in [3.8, 4) is 5.75 Å². The molecule has 1 amide bonds. The lowest BCUT2D eigenvalue weighted by Gasteiger charge is -2.50. The molecule has 4 nitrogen and oxygen atoms in total. The highest BCUT2D eigenvalue weighted by Gasteiger charge is 2.47. The fourth-order valence-corrected chi connectivity index (χ4v) is 5.05. The number of esters is 1. The van der Waals surface area contributed by atoms with Crippen LogP contribution in [-0.2, 0) is 15.0 Å². The lowest BCUT2D eigenvalue weighted by Crippen LogP contribution is -2.40.